The minimum atomic E-state index is -4.96. The molecule has 0 radical (unpaired) electrons. The number of rotatable bonds is 80. The number of ether oxygens (including phenoxy) is 4. The number of carbonyl (C=O) groups excluding carboxylic acids is 4. The van der Waals surface area contributed by atoms with Crippen LogP contribution in [-0.2, 0) is 65.4 Å². The first-order chi connectivity index (χ1) is 48.8. The highest BCUT2D eigenvalue weighted by atomic mass is 31.2. The quantitative estimate of drug-likeness (QED) is 0.0222. The maximum Gasteiger partial charge on any atom is 0.472 e. The lowest BCUT2D eigenvalue weighted by atomic mass is 9.99. The number of esters is 4. The topological polar surface area (TPSA) is 237 Å². The summed E-state index contributed by atoms with van der Waals surface area (Å²) in [5.74, 6) is 0.409. The van der Waals surface area contributed by atoms with Gasteiger partial charge in [0.15, 0.2) is 12.2 Å². The highest BCUT2D eigenvalue weighted by Crippen LogP contribution is 2.45. The normalized spacial score (nSPS) is 14.8. The molecule has 19 heteroatoms. The van der Waals surface area contributed by atoms with Crippen molar-refractivity contribution in [1.29, 1.82) is 0 Å². The zero-order chi connectivity index (χ0) is 74.4. The van der Waals surface area contributed by atoms with Crippen LogP contribution in [0.5, 0.6) is 0 Å². The first kappa shape index (κ1) is 99.1. The maximum atomic E-state index is 13.1. The van der Waals surface area contributed by atoms with Gasteiger partial charge >= 0.3 is 39.5 Å². The van der Waals surface area contributed by atoms with E-state index in [1.807, 2.05) is 0 Å². The zero-order valence-electron chi connectivity index (χ0n) is 66.4. The summed E-state index contributed by atoms with van der Waals surface area (Å²) in [7, 11) is -9.92. The van der Waals surface area contributed by atoms with Crippen molar-refractivity contribution in [3.63, 3.8) is 0 Å². The SMILES string of the molecule is CCCCCCCCCC(=O)OC[C@H](COP(=O)(O)OC[C@H](O)COP(=O)(O)OC[C@@H](COC(=O)CCCCCCCCCCCCCCCCC(C)CC)OC(=O)CCCCCCCCCCCCCCCCCCCCC(C)CC)OC(=O)CCCCCCCCCCCCC(C)CC. The van der Waals surface area contributed by atoms with E-state index in [4.69, 9.17) is 37.0 Å². The third-order valence-electron chi connectivity index (χ3n) is 20.2. The van der Waals surface area contributed by atoms with Crippen LogP contribution in [0.25, 0.3) is 0 Å². The van der Waals surface area contributed by atoms with Gasteiger partial charge in [-0.05, 0) is 43.4 Å². The molecule has 0 aromatic heterocycles. The zero-order valence-corrected chi connectivity index (χ0v) is 68.2. The predicted molar refractivity (Wildman–Crippen MR) is 414 cm³/mol. The molecule has 0 aliphatic carbocycles. The van der Waals surface area contributed by atoms with Gasteiger partial charge in [-0.25, -0.2) is 9.13 Å². The van der Waals surface area contributed by atoms with Crippen molar-refractivity contribution < 1.29 is 80.2 Å². The van der Waals surface area contributed by atoms with E-state index in [-0.39, 0.29) is 25.7 Å². The molecule has 0 aliphatic rings. The van der Waals surface area contributed by atoms with Crippen molar-refractivity contribution in [2.45, 2.75) is 446 Å². The number of aliphatic hydroxyl groups excluding tert-OH is 1. The second kappa shape index (κ2) is 72.3. The van der Waals surface area contributed by atoms with Gasteiger partial charge in [0.25, 0.3) is 0 Å². The minimum Gasteiger partial charge on any atom is -0.462 e. The molecule has 0 saturated heterocycles. The molecule has 0 bridgehead atoms. The molecule has 3 N–H and O–H groups in total. The molecule has 5 unspecified atom stereocenters. The average molecular weight is 1480 g/mol. The summed E-state index contributed by atoms with van der Waals surface area (Å²) in [6.07, 6.45) is 61.1. The third kappa shape index (κ3) is 72.1. The molecule has 0 fully saturated rings. The molecular formula is C82H160O17P2. The molecule has 0 aromatic rings. The Morgan fingerprint density at radius 2 is 0.475 bits per heavy atom. The lowest BCUT2D eigenvalue weighted by Gasteiger charge is -2.21. The summed E-state index contributed by atoms with van der Waals surface area (Å²) >= 11 is 0. The smallest absolute Gasteiger partial charge is 0.462 e. The number of carbonyl (C=O) groups is 4. The second-order valence-electron chi connectivity index (χ2n) is 30.2. The Hall–Kier alpha value is -1.94. The molecule has 0 heterocycles. The van der Waals surface area contributed by atoms with Gasteiger partial charge in [0.05, 0.1) is 26.4 Å². The van der Waals surface area contributed by atoms with E-state index in [0.29, 0.717) is 25.7 Å². The molecule has 0 rings (SSSR count). The molecule has 17 nitrogen and oxygen atoms in total. The predicted octanol–water partition coefficient (Wildman–Crippen LogP) is 24.5. The van der Waals surface area contributed by atoms with Crippen molar-refractivity contribution >= 4 is 39.5 Å². The first-order valence-electron chi connectivity index (χ1n) is 42.5. The van der Waals surface area contributed by atoms with E-state index in [0.717, 1.165) is 120 Å². The third-order valence-corrected chi connectivity index (χ3v) is 22.1. The van der Waals surface area contributed by atoms with E-state index >= 15 is 0 Å². The Morgan fingerprint density at radius 1 is 0.277 bits per heavy atom. The summed E-state index contributed by atoms with van der Waals surface area (Å²) in [4.78, 5) is 72.9. The number of phosphoric ester groups is 2. The maximum absolute atomic E-state index is 13.1. The fraction of sp³-hybridized carbons (Fsp3) is 0.951. The van der Waals surface area contributed by atoms with Crippen LogP contribution in [0.15, 0.2) is 0 Å². The monoisotopic (exact) mass is 1480 g/mol. The Morgan fingerprint density at radius 3 is 0.703 bits per heavy atom. The van der Waals surface area contributed by atoms with Crippen molar-refractivity contribution in [2.75, 3.05) is 39.6 Å². The molecule has 600 valence electrons. The summed E-state index contributed by atoms with van der Waals surface area (Å²) in [6, 6.07) is 0. The largest absolute Gasteiger partial charge is 0.472 e. The highest BCUT2D eigenvalue weighted by Gasteiger charge is 2.30. The van der Waals surface area contributed by atoms with Gasteiger partial charge in [0.1, 0.15) is 19.3 Å². The number of phosphoric acid groups is 2. The molecule has 8 atom stereocenters. The lowest BCUT2D eigenvalue weighted by molar-refractivity contribution is -0.161. The Kier molecular flexibility index (Phi) is 70.9. The van der Waals surface area contributed by atoms with Crippen LogP contribution in [0.1, 0.15) is 427 Å². The molecule has 0 aromatic carbocycles. The van der Waals surface area contributed by atoms with Crippen LogP contribution in [-0.4, -0.2) is 96.7 Å². The number of aliphatic hydroxyl groups is 1. The second-order valence-corrected chi connectivity index (χ2v) is 33.1. The van der Waals surface area contributed by atoms with Crippen molar-refractivity contribution in [3.8, 4) is 0 Å². The number of hydrogen-bond donors (Lipinski definition) is 3. The van der Waals surface area contributed by atoms with Crippen LogP contribution >= 0.6 is 15.6 Å². The number of hydrogen-bond acceptors (Lipinski definition) is 15. The average Bonchev–Trinajstić information content (AvgIpc) is 0.966. The van der Waals surface area contributed by atoms with Gasteiger partial charge in [0, 0.05) is 25.7 Å². The van der Waals surface area contributed by atoms with Crippen LogP contribution in [0.2, 0.25) is 0 Å². The van der Waals surface area contributed by atoms with Crippen LogP contribution in [0.4, 0.5) is 0 Å². The summed E-state index contributed by atoms with van der Waals surface area (Å²) in [5.41, 5.74) is 0. The lowest BCUT2D eigenvalue weighted by Crippen LogP contribution is -2.30. The van der Waals surface area contributed by atoms with E-state index < -0.39 is 97.5 Å². The highest BCUT2D eigenvalue weighted by molar-refractivity contribution is 7.47. The Bertz CT molecular complexity index is 1960. The van der Waals surface area contributed by atoms with Gasteiger partial charge in [-0.1, -0.05) is 376 Å². The van der Waals surface area contributed by atoms with Crippen LogP contribution in [0, 0.1) is 17.8 Å². The molecule has 0 amide bonds. The fourth-order valence-corrected chi connectivity index (χ4v) is 14.1. The van der Waals surface area contributed by atoms with Gasteiger partial charge < -0.3 is 33.8 Å². The summed E-state index contributed by atoms with van der Waals surface area (Å²) in [5, 5.41) is 10.6. The van der Waals surface area contributed by atoms with Crippen LogP contribution in [0.3, 0.4) is 0 Å². The summed E-state index contributed by atoms with van der Waals surface area (Å²) in [6.45, 7) is 12.0. The van der Waals surface area contributed by atoms with E-state index in [9.17, 15) is 43.2 Å². The first-order valence-corrected chi connectivity index (χ1v) is 45.5. The van der Waals surface area contributed by atoms with E-state index in [2.05, 4.69) is 48.5 Å². The fourth-order valence-electron chi connectivity index (χ4n) is 12.6. The molecule has 0 saturated carbocycles. The number of unbranched alkanes of at least 4 members (excludes halogenated alkanes) is 45. The van der Waals surface area contributed by atoms with E-state index in [1.165, 1.54) is 225 Å². The van der Waals surface area contributed by atoms with E-state index in [1.54, 1.807) is 0 Å². The van der Waals surface area contributed by atoms with Crippen molar-refractivity contribution in [1.82, 2.24) is 0 Å². The molecular weight excluding hydrogens is 1320 g/mol. The van der Waals surface area contributed by atoms with Gasteiger partial charge in [-0.3, -0.25) is 37.3 Å². The molecule has 0 aliphatic heterocycles. The Balaban J connectivity index is 5.18. The summed E-state index contributed by atoms with van der Waals surface area (Å²) < 4.78 is 68.6. The minimum absolute atomic E-state index is 0.106. The molecule has 101 heavy (non-hydrogen) atoms. The van der Waals surface area contributed by atoms with Crippen molar-refractivity contribution in [3.05, 3.63) is 0 Å². The van der Waals surface area contributed by atoms with Gasteiger partial charge in [-0.2, -0.15) is 0 Å². The molecule has 0 spiro atoms. The van der Waals surface area contributed by atoms with Crippen molar-refractivity contribution in [2.24, 2.45) is 17.8 Å². The van der Waals surface area contributed by atoms with Gasteiger partial charge in [-0.15, -0.1) is 0 Å². The standard InChI is InChI=1S/C82H160O17P2/c1-8-12-13-14-39-49-56-63-79(84)92-69-77(98-82(87)66-59-52-45-38-32-31-35-42-48-55-62-75(7)11-4)71-96-100(88,89)94-67-76(83)68-95-101(90,91)97-72-78(70-93-80(85)64-57-50-43-36-29-25-22-21-24-28-34-41-47-54-61-74(6)10-3)99-81(86)65-58-51-44-37-30-26-20-18-16-15-17-19-23-27-33-40-46-53-60-73(5)9-2/h73-78,83H,8-72H2,1-7H3,(H,88,89)(H,90,91)/t73?,74?,75?,76-,77+,78+/m0/s1. The Labute approximate surface area is 619 Å². The van der Waals surface area contributed by atoms with Crippen LogP contribution < -0.4 is 0 Å². The van der Waals surface area contributed by atoms with Gasteiger partial charge in [0.2, 0.25) is 0 Å².